The third-order valence-electron chi connectivity index (χ3n) is 8.72. The summed E-state index contributed by atoms with van der Waals surface area (Å²) in [7, 11) is 0. The summed E-state index contributed by atoms with van der Waals surface area (Å²) in [6, 6.07) is 36.3. The number of phenols is 1. The van der Waals surface area contributed by atoms with Crippen molar-refractivity contribution in [2.24, 2.45) is 5.92 Å². The van der Waals surface area contributed by atoms with Crippen molar-refractivity contribution in [3.8, 4) is 45.4 Å². The Kier molecular flexibility index (Phi) is 7.91. The highest BCUT2D eigenvalue weighted by Crippen LogP contribution is 2.41. The molecule has 0 aliphatic carbocycles. The number of aromatic nitrogens is 2. The van der Waals surface area contributed by atoms with Crippen LogP contribution in [0.3, 0.4) is 0 Å². The number of fused-ring (bicyclic) bond motifs is 5. The Labute approximate surface area is 263 Å². The maximum absolute atomic E-state index is 10.7. The van der Waals surface area contributed by atoms with Crippen molar-refractivity contribution in [2.75, 3.05) is 6.61 Å². The van der Waals surface area contributed by atoms with E-state index in [0.717, 1.165) is 68.7 Å². The number of unbranched alkanes of at least 4 members (excludes halogenated alkanes) is 1. The Morgan fingerprint density at radius 3 is 2.29 bits per heavy atom. The average molecular weight is 593 g/mol. The van der Waals surface area contributed by atoms with Crippen molar-refractivity contribution < 1.29 is 14.3 Å². The Morgan fingerprint density at radius 1 is 0.711 bits per heavy atom. The molecule has 5 nitrogen and oxygen atoms in total. The summed E-state index contributed by atoms with van der Waals surface area (Å²) >= 11 is 0. The quantitative estimate of drug-likeness (QED) is 0.171. The minimum Gasteiger partial charge on any atom is -0.507 e. The van der Waals surface area contributed by atoms with Crippen LogP contribution in [0.5, 0.6) is 11.6 Å². The predicted octanol–water partition coefficient (Wildman–Crippen LogP) is 10.8. The molecule has 5 heteroatoms. The van der Waals surface area contributed by atoms with Gasteiger partial charge in [0, 0.05) is 22.4 Å². The maximum Gasteiger partial charge on any atom is 0.217 e. The Bertz CT molecular complexity index is 2120. The first-order chi connectivity index (χ1) is 22.1. The molecule has 0 aliphatic heterocycles. The van der Waals surface area contributed by atoms with E-state index in [0.29, 0.717) is 35.5 Å². The molecule has 7 rings (SSSR count). The van der Waals surface area contributed by atoms with E-state index in [4.69, 9.17) is 19.1 Å². The predicted molar refractivity (Wildman–Crippen MR) is 184 cm³/mol. The summed E-state index contributed by atoms with van der Waals surface area (Å²) < 4.78 is 12.9. The van der Waals surface area contributed by atoms with Crippen LogP contribution in [0.25, 0.3) is 66.5 Å². The third kappa shape index (κ3) is 5.62. The van der Waals surface area contributed by atoms with Gasteiger partial charge in [0.1, 0.15) is 16.9 Å². The fourth-order valence-electron chi connectivity index (χ4n) is 6.18. The minimum atomic E-state index is 0.127. The number of benzene rings is 5. The van der Waals surface area contributed by atoms with Crippen LogP contribution in [0.2, 0.25) is 0 Å². The number of rotatable bonds is 10. The van der Waals surface area contributed by atoms with E-state index >= 15 is 0 Å². The van der Waals surface area contributed by atoms with Gasteiger partial charge in [0.2, 0.25) is 5.88 Å². The molecule has 1 unspecified atom stereocenters. The summed E-state index contributed by atoms with van der Waals surface area (Å²) in [4.78, 5) is 9.78. The zero-order chi connectivity index (χ0) is 30.8. The van der Waals surface area contributed by atoms with E-state index in [1.165, 1.54) is 6.42 Å². The molecule has 2 aromatic heterocycles. The van der Waals surface area contributed by atoms with Crippen molar-refractivity contribution in [3.05, 3.63) is 109 Å². The number of hydrogen-bond donors (Lipinski definition) is 1. The number of para-hydroxylation sites is 1. The molecule has 7 aromatic rings. The van der Waals surface area contributed by atoms with Crippen LogP contribution >= 0.6 is 0 Å². The SMILES string of the molecule is CCCCC(CC)COc1cc(-c2cc3oc4cc(-c5ccccc5)ccc4c3c3ccccc23)nc(-c2ccccc2O)n1. The Morgan fingerprint density at radius 2 is 1.49 bits per heavy atom. The largest absolute Gasteiger partial charge is 0.507 e. The molecule has 0 fully saturated rings. The molecule has 5 aromatic carbocycles. The highest BCUT2D eigenvalue weighted by Gasteiger charge is 2.19. The van der Waals surface area contributed by atoms with Gasteiger partial charge >= 0.3 is 0 Å². The number of hydrogen-bond acceptors (Lipinski definition) is 5. The Hall–Kier alpha value is -5.16. The van der Waals surface area contributed by atoms with Crippen LogP contribution < -0.4 is 4.74 Å². The van der Waals surface area contributed by atoms with E-state index in [-0.39, 0.29) is 5.75 Å². The molecular formula is C40H36N2O3. The first-order valence-corrected chi connectivity index (χ1v) is 15.9. The molecule has 224 valence electrons. The summed E-state index contributed by atoms with van der Waals surface area (Å²) in [5, 5.41) is 15.0. The smallest absolute Gasteiger partial charge is 0.217 e. The number of aromatic hydroxyl groups is 1. The van der Waals surface area contributed by atoms with Gasteiger partial charge in [0.15, 0.2) is 5.82 Å². The lowest BCUT2D eigenvalue weighted by Gasteiger charge is -2.16. The van der Waals surface area contributed by atoms with Crippen LogP contribution in [-0.4, -0.2) is 21.7 Å². The van der Waals surface area contributed by atoms with E-state index in [9.17, 15) is 5.11 Å². The molecule has 0 spiro atoms. The summed E-state index contributed by atoms with van der Waals surface area (Å²) in [5.74, 6) is 1.49. The molecule has 0 saturated carbocycles. The van der Waals surface area contributed by atoms with Crippen LogP contribution in [0, 0.1) is 5.92 Å². The molecule has 45 heavy (non-hydrogen) atoms. The molecule has 0 bridgehead atoms. The zero-order valence-electron chi connectivity index (χ0n) is 25.7. The summed E-state index contributed by atoms with van der Waals surface area (Å²) in [6.07, 6.45) is 4.51. The lowest BCUT2D eigenvalue weighted by Crippen LogP contribution is -2.12. The lowest BCUT2D eigenvalue weighted by molar-refractivity contribution is 0.226. The van der Waals surface area contributed by atoms with Crippen LogP contribution in [0.4, 0.5) is 0 Å². The molecule has 0 amide bonds. The second kappa shape index (κ2) is 12.4. The lowest BCUT2D eigenvalue weighted by atomic mass is 9.96. The molecule has 0 aliphatic rings. The van der Waals surface area contributed by atoms with Crippen LogP contribution in [0.1, 0.15) is 39.5 Å². The number of furan rings is 1. The van der Waals surface area contributed by atoms with E-state index < -0.39 is 0 Å². The molecule has 0 saturated heterocycles. The first-order valence-electron chi connectivity index (χ1n) is 15.9. The van der Waals surface area contributed by atoms with Gasteiger partial charge in [-0.2, -0.15) is 4.98 Å². The third-order valence-corrected chi connectivity index (χ3v) is 8.72. The highest BCUT2D eigenvalue weighted by atomic mass is 16.5. The minimum absolute atomic E-state index is 0.127. The summed E-state index contributed by atoms with van der Waals surface area (Å²) in [5.41, 5.74) is 6.08. The van der Waals surface area contributed by atoms with Crippen LogP contribution in [0.15, 0.2) is 114 Å². The van der Waals surface area contributed by atoms with Gasteiger partial charge in [0.05, 0.1) is 17.9 Å². The Balaban J connectivity index is 1.39. The second-order valence-corrected chi connectivity index (χ2v) is 11.7. The highest BCUT2D eigenvalue weighted by molar-refractivity contribution is 6.22. The van der Waals surface area contributed by atoms with Crippen molar-refractivity contribution in [1.29, 1.82) is 0 Å². The van der Waals surface area contributed by atoms with Gasteiger partial charge in [-0.3, -0.25) is 0 Å². The molecule has 0 radical (unpaired) electrons. The average Bonchev–Trinajstić information content (AvgIpc) is 3.46. The van der Waals surface area contributed by atoms with Gasteiger partial charge in [-0.15, -0.1) is 0 Å². The number of ether oxygens (including phenoxy) is 1. The van der Waals surface area contributed by atoms with Gasteiger partial charge in [-0.25, -0.2) is 4.98 Å². The van der Waals surface area contributed by atoms with Crippen molar-refractivity contribution >= 4 is 32.7 Å². The molecule has 2 heterocycles. The number of nitrogens with zero attached hydrogens (tertiary/aromatic N) is 2. The molecule has 1 N–H and O–H groups in total. The molecular weight excluding hydrogens is 556 g/mol. The topological polar surface area (TPSA) is 68.4 Å². The second-order valence-electron chi connectivity index (χ2n) is 11.7. The summed E-state index contributed by atoms with van der Waals surface area (Å²) in [6.45, 7) is 5.01. The fraction of sp³-hybridized carbons (Fsp3) is 0.200. The van der Waals surface area contributed by atoms with Crippen molar-refractivity contribution in [1.82, 2.24) is 9.97 Å². The monoisotopic (exact) mass is 592 g/mol. The molecule has 1 atom stereocenters. The van der Waals surface area contributed by atoms with Crippen LogP contribution in [-0.2, 0) is 0 Å². The van der Waals surface area contributed by atoms with Gasteiger partial charge < -0.3 is 14.3 Å². The van der Waals surface area contributed by atoms with E-state index in [1.54, 1.807) is 12.1 Å². The van der Waals surface area contributed by atoms with E-state index in [1.807, 2.05) is 24.3 Å². The van der Waals surface area contributed by atoms with Gasteiger partial charge in [-0.1, -0.05) is 106 Å². The maximum atomic E-state index is 10.7. The first kappa shape index (κ1) is 28.6. The number of phenolic OH excluding ortho intramolecular Hbond substituents is 1. The van der Waals surface area contributed by atoms with Crippen molar-refractivity contribution in [2.45, 2.75) is 39.5 Å². The zero-order valence-corrected chi connectivity index (χ0v) is 25.7. The standard InChI is InChI=1S/C40H36N2O3/c1-3-5-13-26(4-2)25-44-38-24-34(41-40(42-38)31-18-11-12-19-35(31)43)33-23-37-39(30-17-10-9-16-29(30)33)32-21-20-28(22-36(32)45-37)27-14-7-6-8-15-27/h6-12,14-24,26,43H,3-5,13,25H2,1-2H3. The van der Waals surface area contributed by atoms with Gasteiger partial charge in [0.25, 0.3) is 0 Å². The van der Waals surface area contributed by atoms with Gasteiger partial charge in [-0.05, 0) is 64.6 Å². The normalized spacial score (nSPS) is 12.2. The van der Waals surface area contributed by atoms with E-state index in [2.05, 4.69) is 86.6 Å². The van der Waals surface area contributed by atoms with Crippen molar-refractivity contribution in [3.63, 3.8) is 0 Å². The fourth-order valence-corrected chi connectivity index (χ4v) is 6.18.